The molecule has 2 heterocycles. The molecule has 9 heteroatoms. The van der Waals surface area contributed by atoms with Crippen molar-refractivity contribution in [2.24, 2.45) is 5.92 Å². The summed E-state index contributed by atoms with van der Waals surface area (Å²) in [7, 11) is -3.58. The number of halogens is 1. The highest BCUT2D eigenvalue weighted by Crippen LogP contribution is 2.38. The van der Waals surface area contributed by atoms with Gasteiger partial charge in [-0.1, -0.05) is 17.7 Å². The number of nitrogens with zero attached hydrogens (tertiary/aromatic N) is 1. The average Bonchev–Trinajstić information content (AvgIpc) is 2.79. The number of ether oxygens (including phenoxy) is 3. The fourth-order valence-electron chi connectivity index (χ4n) is 3.88. The van der Waals surface area contributed by atoms with E-state index >= 15 is 0 Å². The van der Waals surface area contributed by atoms with Gasteiger partial charge in [0.2, 0.25) is 10.0 Å². The van der Waals surface area contributed by atoms with E-state index in [0.717, 1.165) is 11.1 Å². The first-order chi connectivity index (χ1) is 15.3. The Morgan fingerprint density at radius 3 is 2.53 bits per heavy atom. The number of rotatable bonds is 5. The predicted molar refractivity (Wildman–Crippen MR) is 120 cm³/mol. The number of esters is 1. The standard InChI is InChI=1S/C23H26ClNO6S/c1-15-3-4-19(11-16(15)2)32(27,28)25-7-5-18(6-8-25)23(26)31-14-17-12-20(24)22-21(13-17)29-9-10-30-22/h3-4,11-13,18H,5-10,14H2,1-2H3. The van der Waals surface area contributed by atoms with Crippen LogP contribution in [-0.4, -0.2) is 45.0 Å². The second-order valence-corrected chi connectivity index (χ2v) is 10.5. The quantitative estimate of drug-likeness (QED) is 0.605. The maximum Gasteiger partial charge on any atom is 0.309 e. The van der Waals surface area contributed by atoms with Crippen LogP contribution in [0.3, 0.4) is 0 Å². The molecule has 1 saturated heterocycles. The second-order valence-electron chi connectivity index (χ2n) is 8.13. The number of fused-ring (bicyclic) bond motifs is 1. The Bertz CT molecular complexity index is 1130. The molecule has 2 aliphatic heterocycles. The predicted octanol–water partition coefficient (Wildman–Crippen LogP) is 3.87. The van der Waals surface area contributed by atoms with E-state index in [9.17, 15) is 13.2 Å². The maximum atomic E-state index is 13.0. The Morgan fingerprint density at radius 1 is 1.09 bits per heavy atom. The molecule has 0 bridgehead atoms. The smallest absolute Gasteiger partial charge is 0.309 e. The molecule has 4 rings (SSSR count). The van der Waals surface area contributed by atoms with Crippen molar-refractivity contribution in [3.8, 4) is 11.5 Å². The Balaban J connectivity index is 1.34. The number of sulfonamides is 1. The van der Waals surface area contributed by atoms with Crippen LogP contribution in [0.25, 0.3) is 0 Å². The summed E-state index contributed by atoms with van der Waals surface area (Å²) in [6, 6.07) is 8.60. The summed E-state index contributed by atoms with van der Waals surface area (Å²) in [6.45, 7) is 5.36. The third-order valence-electron chi connectivity index (χ3n) is 5.94. The molecular formula is C23H26ClNO6S. The highest BCUT2D eigenvalue weighted by molar-refractivity contribution is 7.89. The van der Waals surface area contributed by atoms with Gasteiger partial charge in [0.05, 0.1) is 15.8 Å². The van der Waals surface area contributed by atoms with Gasteiger partial charge in [0.1, 0.15) is 19.8 Å². The third-order valence-corrected chi connectivity index (χ3v) is 8.12. The van der Waals surface area contributed by atoms with Crippen LogP contribution in [0.4, 0.5) is 0 Å². The van der Waals surface area contributed by atoms with E-state index < -0.39 is 10.0 Å². The normalized spacial score (nSPS) is 17.2. The van der Waals surface area contributed by atoms with Crippen LogP contribution in [0.1, 0.15) is 29.5 Å². The lowest BCUT2D eigenvalue weighted by Crippen LogP contribution is -2.40. The van der Waals surface area contributed by atoms with E-state index in [1.807, 2.05) is 19.9 Å². The Hall–Kier alpha value is -2.29. The number of benzene rings is 2. The van der Waals surface area contributed by atoms with Crippen molar-refractivity contribution in [2.75, 3.05) is 26.3 Å². The molecule has 0 amide bonds. The van der Waals surface area contributed by atoms with E-state index in [1.165, 1.54) is 4.31 Å². The van der Waals surface area contributed by atoms with E-state index in [0.29, 0.717) is 48.1 Å². The molecule has 2 aromatic carbocycles. The van der Waals surface area contributed by atoms with Crippen LogP contribution in [-0.2, 0) is 26.2 Å². The van der Waals surface area contributed by atoms with Crippen molar-refractivity contribution in [1.29, 1.82) is 0 Å². The van der Waals surface area contributed by atoms with Gasteiger partial charge in [-0.25, -0.2) is 8.42 Å². The van der Waals surface area contributed by atoms with Gasteiger partial charge in [-0.2, -0.15) is 4.31 Å². The van der Waals surface area contributed by atoms with Gasteiger partial charge in [-0.15, -0.1) is 0 Å². The highest BCUT2D eigenvalue weighted by atomic mass is 35.5. The molecule has 0 aromatic heterocycles. The first-order valence-corrected chi connectivity index (χ1v) is 12.4. The maximum absolute atomic E-state index is 13.0. The van der Waals surface area contributed by atoms with Crippen LogP contribution >= 0.6 is 11.6 Å². The lowest BCUT2D eigenvalue weighted by atomic mass is 9.98. The van der Waals surface area contributed by atoms with Gasteiger partial charge in [0, 0.05) is 13.1 Å². The molecule has 172 valence electrons. The average molecular weight is 480 g/mol. The molecular weight excluding hydrogens is 454 g/mol. The van der Waals surface area contributed by atoms with Crippen LogP contribution in [0, 0.1) is 19.8 Å². The van der Waals surface area contributed by atoms with Gasteiger partial charge in [-0.05, 0) is 67.6 Å². The summed E-state index contributed by atoms with van der Waals surface area (Å²) in [5.41, 5.74) is 2.69. The SMILES string of the molecule is Cc1ccc(S(=O)(=O)N2CCC(C(=O)OCc3cc(Cl)c4c(c3)OCCO4)CC2)cc1C. The van der Waals surface area contributed by atoms with Crippen molar-refractivity contribution < 1.29 is 27.4 Å². The topological polar surface area (TPSA) is 82.1 Å². The van der Waals surface area contributed by atoms with E-state index in [2.05, 4.69) is 0 Å². The van der Waals surface area contributed by atoms with Crippen LogP contribution in [0.2, 0.25) is 5.02 Å². The zero-order valence-electron chi connectivity index (χ0n) is 18.1. The van der Waals surface area contributed by atoms with Gasteiger partial charge >= 0.3 is 5.97 Å². The number of carbonyl (C=O) groups excluding carboxylic acids is 1. The molecule has 0 unspecified atom stereocenters. The molecule has 1 fully saturated rings. The Kier molecular flexibility index (Phi) is 6.65. The number of carbonyl (C=O) groups is 1. The first kappa shape index (κ1) is 22.9. The zero-order valence-corrected chi connectivity index (χ0v) is 19.7. The lowest BCUT2D eigenvalue weighted by Gasteiger charge is -2.30. The molecule has 0 radical (unpaired) electrons. The minimum Gasteiger partial charge on any atom is -0.486 e. The van der Waals surface area contributed by atoms with Crippen molar-refractivity contribution in [2.45, 2.75) is 38.2 Å². The molecule has 0 spiro atoms. The summed E-state index contributed by atoms with van der Waals surface area (Å²) in [6.07, 6.45) is 0.843. The van der Waals surface area contributed by atoms with Crippen molar-refractivity contribution in [3.63, 3.8) is 0 Å². The molecule has 2 aromatic rings. The molecule has 2 aliphatic rings. The van der Waals surface area contributed by atoms with Gasteiger partial charge < -0.3 is 14.2 Å². The Morgan fingerprint density at radius 2 is 1.81 bits per heavy atom. The minimum absolute atomic E-state index is 0.0658. The van der Waals surface area contributed by atoms with Crippen molar-refractivity contribution in [1.82, 2.24) is 4.31 Å². The molecule has 0 aliphatic carbocycles. The number of hydrogen-bond acceptors (Lipinski definition) is 6. The fourth-order valence-corrected chi connectivity index (χ4v) is 5.72. The highest BCUT2D eigenvalue weighted by Gasteiger charge is 2.33. The van der Waals surface area contributed by atoms with Crippen LogP contribution in [0.15, 0.2) is 35.2 Å². The molecule has 32 heavy (non-hydrogen) atoms. The summed E-state index contributed by atoms with van der Waals surface area (Å²) < 4.78 is 43.9. The van der Waals surface area contributed by atoms with Crippen LogP contribution < -0.4 is 9.47 Å². The molecule has 0 atom stereocenters. The summed E-state index contributed by atoms with van der Waals surface area (Å²) in [5, 5.41) is 0.415. The van der Waals surface area contributed by atoms with E-state index in [4.69, 9.17) is 25.8 Å². The van der Waals surface area contributed by atoms with Gasteiger partial charge in [-0.3, -0.25) is 4.79 Å². The number of hydrogen-bond donors (Lipinski definition) is 0. The minimum atomic E-state index is -3.58. The van der Waals surface area contributed by atoms with Crippen molar-refractivity contribution >= 4 is 27.6 Å². The summed E-state index contributed by atoms with van der Waals surface area (Å²) >= 11 is 6.23. The van der Waals surface area contributed by atoms with Gasteiger partial charge in [0.15, 0.2) is 11.5 Å². The molecule has 0 saturated carbocycles. The Labute approximate surface area is 193 Å². The third kappa shape index (κ3) is 4.72. The summed E-state index contributed by atoms with van der Waals surface area (Å²) in [4.78, 5) is 12.9. The fraction of sp³-hybridized carbons (Fsp3) is 0.435. The van der Waals surface area contributed by atoms with Crippen LogP contribution in [0.5, 0.6) is 11.5 Å². The van der Waals surface area contributed by atoms with Gasteiger partial charge in [0.25, 0.3) is 0 Å². The molecule has 0 N–H and O–H groups in total. The zero-order chi connectivity index (χ0) is 22.9. The second kappa shape index (κ2) is 9.29. The van der Waals surface area contributed by atoms with E-state index in [1.54, 1.807) is 24.3 Å². The summed E-state index contributed by atoms with van der Waals surface area (Å²) in [5.74, 6) is 0.373. The lowest BCUT2D eigenvalue weighted by molar-refractivity contribution is -0.151. The number of aryl methyl sites for hydroxylation is 2. The van der Waals surface area contributed by atoms with E-state index in [-0.39, 0.29) is 36.5 Å². The largest absolute Gasteiger partial charge is 0.486 e. The number of piperidine rings is 1. The molecule has 7 nitrogen and oxygen atoms in total. The van der Waals surface area contributed by atoms with Crippen molar-refractivity contribution in [3.05, 3.63) is 52.0 Å². The monoisotopic (exact) mass is 479 g/mol. The first-order valence-electron chi connectivity index (χ1n) is 10.6.